The predicted molar refractivity (Wildman–Crippen MR) is 47.2 cm³/mol. The average molecular weight is 271 g/mol. The molecule has 1 aromatic rings. The van der Waals surface area contributed by atoms with Crippen LogP contribution in [0.2, 0.25) is 0 Å². The summed E-state index contributed by atoms with van der Waals surface area (Å²) in [5.41, 5.74) is -2.32. The first-order valence-electron chi connectivity index (χ1n) is 3.63. The Balaban J connectivity index is 3.30. The average Bonchev–Trinajstić information content (AvgIpc) is 2.02. The molecule has 0 aliphatic rings. The van der Waals surface area contributed by atoms with E-state index in [1.165, 1.54) is 0 Å². The standard InChI is InChI=1S/C7H6BrF3N2O/c1-3(8)5-2-4(7(9,10)11)6(14)13-12-5/h2-3H,1H3,(H,13,14). The molecule has 0 saturated heterocycles. The summed E-state index contributed by atoms with van der Waals surface area (Å²) in [5, 5.41) is 5.27. The molecule has 1 aromatic heterocycles. The van der Waals surface area contributed by atoms with Crippen molar-refractivity contribution >= 4 is 15.9 Å². The van der Waals surface area contributed by atoms with Crippen LogP contribution in [0.4, 0.5) is 13.2 Å². The van der Waals surface area contributed by atoms with E-state index in [9.17, 15) is 18.0 Å². The number of hydrogen-bond acceptors (Lipinski definition) is 2. The highest BCUT2D eigenvalue weighted by molar-refractivity contribution is 9.09. The summed E-state index contributed by atoms with van der Waals surface area (Å²) < 4.78 is 36.7. The van der Waals surface area contributed by atoms with Crippen molar-refractivity contribution in [2.75, 3.05) is 0 Å². The molecular formula is C7H6BrF3N2O. The van der Waals surface area contributed by atoms with Crippen molar-refractivity contribution in [2.45, 2.75) is 17.9 Å². The van der Waals surface area contributed by atoms with Gasteiger partial charge in [0.25, 0.3) is 5.56 Å². The first kappa shape index (κ1) is 11.2. The van der Waals surface area contributed by atoms with Crippen molar-refractivity contribution in [2.24, 2.45) is 0 Å². The second-order valence-electron chi connectivity index (χ2n) is 2.65. The lowest BCUT2D eigenvalue weighted by Gasteiger charge is -2.07. The fraction of sp³-hybridized carbons (Fsp3) is 0.429. The maximum absolute atomic E-state index is 12.2. The summed E-state index contributed by atoms with van der Waals surface area (Å²) in [4.78, 5) is 10.4. The van der Waals surface area contributed by atoms with Gasteiger partial charge in [-0.3, -0.25) is 4.79 Å². The van der Waals surface area contributed by atoms with Crippen LogP contribution in [0.15, 0.2) is 10.9 Å². The number of nitrogens with one attached hydrogen (secondary N) is 1. The number of hydrogen-bond donors (Lipinski definition) is 1. The zero-order valence-corrected chi connectivity index (χ0v) is 8.61. The Kier molecular flexibility index (Phi) is 2.98. The summed E-state index contributed by atoms with van der Waals surface area (Å²) in [6.07, 6.45) is -4.65. The van der Waals surface area contributed by atoms with Crippen LogP contribution in [0.5, 0.6) is 0 Å². The van der Waals surface area contributed by atoms with Crippen LogP contribution in [-0.4, -0.2) is 10.2 Å². The number of aromatic nitrogens is 2. The van der Waals surface area contributed by atoms with Gasteiger partial charge in [-0.2, -0.15) is 18.3 Å². The number of nitrogens with zero attached hydrogens (tertiary/aromatic N) is 1. The van der Waals surface area contributed by atoms with Gasteiger partial charge in [0.1, 0.15) is 5.56 Å². The van der Waals surface area contributed by atoms with Crippen molar-refractivity contribution < 1.29 is 13.2 Å². The third-order valence-electron chi connectivity index (χ3n) is 1.54. The Bertz CT molecular complexity index is 385. The summed E-state index contributed by atoms with van der Waals surface area (Å²) >= 11 is 3.06. The van der Waals surface area contributed by atoms with Crippen LogP contribution in [0, 0.1) is 0 Å². The lowest BCUT2D eigenvalue weighted by atomic mass is 10.2. The molecule has 0 radical (unpaired) electrons. The number of alkyl halides is 4. The van der Waals surface area contributed by atoms with E-state index in [0.717, 1.165) is 6.07 Å². The topological polar surface area (TPSA) is 45.8 Å². The highest BCUT2D eigenvalue weighted by atomic mass is 79.9. The zero-order valence-electron chi connectivity index (χ0n) is 7.02. The molecule has 0 saturated carbocycles. The molecule has 0 fully saturated rings. The van der Waals surface area contributed by atoms with Crippen LogP contribution in [0.3, 0.4) is 0 Å². The Morgan fingerprint density at radius 1 is 1.57 bits per heavy atom. The monoisotopic (exact) mass is 270 g/mol. The largest absolute Gasteiger partial charge is 0.421 e. The second kappa shape index (κ2) is 3.72. The Morgan fingerprint density at radius 2 is 2.14 bits per heavy atom. The van der Waals surface area contributed by atoms with E-state index in [2.05, 4.69) is 21.0 Å². The van der Waals surface area contributed by atoms with Crippen molar-refractivity contribution in [3.63, 3.8) is 0 Å². The van der Waals surface area contributed by atoms with E-state index in [1.54, 1.807) is 12.0 Å². The van der Waals surface area contributed by atoms with Gasteiger partial charge in [0, 0.05) is 0 Å². The Morgan fingerprint density at radius 3 is 2.57 bits per heavy atom. The number of rotatable bonds is 1. The van der Waals surface area contributed by atoms with Gasteiger partial charge in [-0.05, 0) is 13.0 Å². The number of H-pyrrole nitrogens is 1. The van der Waals surface area contributed by atoms with Gasteiger partial charge in [0.2, 0.25) is 0 Å². The first-order chi connectivity index (χ1) is 6.32. The van der Waals surface area contributed by atoms with Crippen molar-refractivity contribution in [3.8, 4) is 0 Å². The Labute approximate surface area is 85.5 Å². The highest BCUT2D eigenvalue weighted by Gasteiger charge is 2.34. The minimum atomic E-state index is -4.65. The normalized spacial score (nSPS) is 14.1. The van der Waals surface area contributed by atoms with Crippen molar-refractivity contribution in [1.82, 2.24) is 10.2 Å². The van der Waals surface area contributed by atoms with Crippen LogP contribution < -0.4 is 5.56 Å². The molecule has 1 atom stereocenters. The molecule has 1 N–H and O–H groups in total. The van der Waals surface area contributed by atoms with Gasteiger partial charge in [0.15, 0.2) is 0 Å². The molecule has 0 aliphatic carbocycles. The summed E-state index contributed by atoms with van der Waals surface area (Å²) in [6, 6.07) is 0.734. The Hall–Kier alpha value is -0.850. The zero-order chi connectivity index (χ0) is 10.9. The maximum atomic E-state index is 12.2. The van der Waals surface area contributed by atoms with Crippen LogP contribution in [-0.2, 0) is 6.18 Å². The minimum Gasteiger partial charge on any atom is -0.267 e. The van der Waals surface area contributed by atoms with E-state index >= 15 is 0 Å². The SMILES string of the molecule is CC(Br)c1cc(C(F)(F)F)c(=O)[nH]n1. The molecule has 78 valence electrons. The minimum absolute atomic E-state index is 0.136. The van der Waals surface area contributed by atoms with Gasteiger partial charge in [-0.15, -0.1) is 0 Å². The van der Waals surface area contributed by atoms with Gasteiger partial charge in [-0.25, -0.2) is 5.10 Å². The highest BCUT2D eigenvalue weighted by Crippen LogP contribution is 2.28. The fourth-order valence-electron chi connectivity index (χ4n) is 0.836. The molecule has 14 heavy (non-hydrogen) atoms. The van der Waals surface area contributed by atoms with E-state index in [4.69, 9.17) is 0 Å². The maximum Gasteiger partial charge on any atom is 0.421 e. The van der Waals surface area contributed by atoms with E-state index < -0.39 is 17.3 Å². The van der Waals surface area contributed by atoms with Crippen LogP contribution in [0.1, 0.15) is 23.0 Å². The number of aromatic amines is 1. The molecule has 1 unspecified atom stereocenters. The number of halogens is 4. The fourth-order valence-corrected chi connectivity index (χ4v) is 1.07. The quantitative estimate of drug-likeness (QED) is 0.796. The molecule has 3 nitrogen and oxygen atoms in total. The molecule has 0 aliphatic heterocycles. The second-order valence-corrected chi connectivity index (χ2v) is 4.02. The lowest BCUT2D eigenvalue weighted by Crippen LogP contribution is -2.23. The molecular weight excluding hydrogens is 265 g/mol. The van der Waals surface area contributed by atoms with Gasteiger partial charge in [0.05, 0.1) is 10.5 Å². The smallest absolute Gasteiger partial charge is 0.267 e. The van der Waals surface area contributed by atoms with Gasteiger partial charge >= 0.3 is 6.18 Å². The van der Waals surface area contributed by atoms with Crippen LogP contribution >= 0.6 is 15.9 Å². The third-order valence-corrected chi connectivity index (χ3v) is 2.01. The van der Waals surface area contributed by atoms with Crippen LogP contribution in [0.25, 0.3) is 0 Å². The molecule has 0 spiro atoms. The van der Waals surface area contributed by atoms with E-state index in [0.29, 0.717) is 0 Å². The molecule has 0 amide bonds. The van der Waals surface area contributed by atoms with Gasteiger partial charge < -0.3 is 0 Å². The molecule has 1 heterocycles. The van der Waals surface area contributed by atoms with Gasteiger partial charge in [-0.1, -0.05) is 15.9 Å². The summed E-state index contributed by atoms with van der Waals surface area (Å²) in [5.74, 6) is 0. The van der Waals surface area contributed by atoms with E-state index in [-0.39, 0.29) is 10.5 Å². The summed E-state index contributed by atoms with van der Waals surface area (Å²) in [6.45, 7) is 1.61. The molecule has 0 bridgehead atoms. The van der Waals surface area contributed by atoms with E-state index in [1.807, 2.05) is 0 Å². The van der Waals surface area contributed by atoms with Crippen molar-refractivity contribution in [1.29, 1.82) is 0 Å². The molecule has 0 aromatic carbocycles. The predicted octanol–water partition coefficient (Wildman–Crippen LogP) is 2.24. The van der Waals surface area contributed by atoms with Crippen molar-refractivity contribution in [3.05, 3.63) is 27.7 Å². The summed E-state index contributed by atoms with van der Waals surface area (Å²) in [7, 11) is 0. The first-order valence-corrected chi connectivity index (χ1v) is 4.55. The lowest BCUT2D eigenvalue weighted by molar-refractivity contribution is -0.138. The molecule has 7 heteroatoms. The molecule has 1 rings (SSSR count). The third kappa shape index (κ3) is 2.34.